The molecule has 18 heavy (non-hydrogen) atoms. The molecule has 102 valence electrons. The van der Waals surface area contributed by atoms with Gasteiger partial charge in [-0.3, -0.25) is 4.90 Å². The summed E-state index contributed by atoms with van der Waals surface area (Å²) in [6.45, 7) is 7.15. The molecule has 1 rings (SSSR count). The molecule has 0 aliphatic carbocycles. The van der Waals surface area contributed by atoms with Gasteiger partial charge in [0.2, 0.25) is 0 Å². The molecule has 1 unspecified atom stereocenters. The maximum absolute atomic E-state index is 10.3. The van der Waals surface area contributed by atoms with Crippen molar-refractivity contribution in [1.29, 1.82) is 0 Å². The van der Waals surface area contributed by atoms with Gasteiger partial charge >= 0.3 is 0 Å². The standard InChI is InChI=1S/C15H25NO2/c1-6-15(2,3)16(4)11-14(17)12-8-7-9-13(10-12)18-5/h7-10,14,17H,6,11H2,1-5H3. The molecule has 3 nitrogen and oxygen atoms in total. The lowest BCUT2D eigenvalue weighted by molar-refractivity contribution is 0.0685. The summed E-state index contributed by atoms with van der Waals surface area (Å²) in [6, 6.07) is 7.61. The monoisotopic (exact) mass is 251 g/mol. The average Bonchev–Trinajstić information content (AvgIpc) is 2.38. The minimum absolute atomic E-state index is 0.0971. The lowest BCUT2D eigenvalue weighted by Crippen LogP contribution is -2.42. The van der Waals surface area contributed by atoms with Crippen LogP contribution in [0.5, 0.6) is 5.75 Å². The summed E-state index contributed by atoms with van der Waals surface area (Å²) in [5.74, 6) is 0.781. The fraction of sp³-hybridized carbons (Fsp3) is 0.600. The van der Waals surface area contributed by atoms with Gasteiger partial charge in [-0.25, -0.2) is 0 Å². The van der Waals surface area contributed by atoms with Crippen molar-refractivity contribution in [3.05, 3.63) is 29.8 Å². The number of hydrogen-bond acceptors (Lipinski definition) is 3. The number of nitrogens with zero attached hydrogens (tertiary/aromatic N) is 1. The van der Waals surface area contributed by atoms with Gasteiger partial charge in [0.25, 0.3) is 0 Å². The van der Waals surface area contributed by atoms with E-state index in [9.17, 15) is 5.11 Å². The summed E-state index contributed by atoms with van der Waals surface area (Å²) >= 11 is 0. The van der Waals surface area contributed by atoms with Gasteiger partial charge in [0, 0.05) is 12.1 Å². The van der Waals surface area contributed by atoms with Gasteiger partial charge in [-0.15, -0.1) is 0 Å². The number of aliphatic hydroxyl groups excluding tert-OH is 1. The maximum Gasteiger partial charge on any atom is 0.119 e. The number of hydrogen-bond donors (Lipinski definition) is 1. The molecule has 0 aliphatic heterocycles. The molecule has 0 aliphatic rings. The van der Waals surface area contributed by atoms with E-state index in [0.29, 0.717) is 6.54 Å². The molecule has 1 atom stereocenters. The summed E-state index contributed by atoms with van der Waals surface area (Å²) in [5, 5.41) is 10.3. The maximum atomic E-state index is 10.3. The molecule has 1 aromatic carbocycles. The number of ether oxygens (including phenoxy) is 1. The average molecular weight is 251 g/mol. The summed E-state index contributed by atoms with van der Waals surface area (Å²) in [6.07, 6.45) is 0.560. The number of aliphatic hydroxyl groups is 1. The lowest BCUT2D eigenvalue weighted by atomic mass is 9.98. The third-order valence-corrected chi connectivity index (χ3v) is 3.82. The van der Waals surface area contributed by atoms with E-state index >= 15 is 0 Å². The number of β-amino-alcohol motifs (C(OH)–C–C–N with tert-alkyl or cyclic N) is 1. The molecule has 0 amide bonds. The molecular weight excluding hydrogens is 226 g/mol. The van der Waals surface area contributed by atoms with Crippen molar-refractivity contribution in [2.45, 2.75) is 38.8 Å². The molecule has 1 aromatic rings. The summed E-state index contributed by atoms with van der Waals surface area (Å²) < 4.78 is 5.17. The van der Waals surface area contributed by atoms with Gasteiger partial charge in [0.15, 0.2) is 0 Å². The smallest absolute Gasteiger partial charge is 0.119 e. The number of benzene rings is 1. The summed E-state index contributed by atoms with van der Waals surface area (Å²) in [7, 11) is 3.69. The quantitative estimate of drug-likeness (QED) is 0.844. The van der Waals surface area contributed by atoms with Crippen LogP contribution in [0.3, 0.4) is 0 Å². The van der Waals surface area contributed by atoms with Crippen molar-refractivity contribution in [2.75, 3.05) is 20.7 Å². The Hall–Kier alpha value is -1.06. The molecule has 0 fully saturated rings. The first kappa shape index (κ1) is 15.0. The predicted molar refractivity (Wildman–Crippen MR) is 75.0 cm³/mol. The Morgan fingerprint density at radius 3 is 2.61 bits per heavy atom. The van der Waals surface area contributed by atoms with Crippen molar-refractivity contribution < 1.29 is 9.84 Å². The Morgan fingerprint density at radius 2 is 2.06 bits per heavy atom. The van der Waals surface area contributed by atoms with Crippen LogP contribution in [-0.4, -0.2) is 36.2 Å². The van der Waals surface area contributed by atoms with Gasteiger partial charge in [-0.05, 0) is 45.0 Å². The van der Waals surface area contributed by atoms with Crippen LogP contribution in [0.4, 0.5) is 0 Å². The Bertz CT molecular complexity index is 377. The van der Waals surface area contributed by atoms with Gasteiger partial charge in [-0.2, -0.15) is 0 Å². The van der Waals surface area contributed by atoms with Crippen LogP contribution in [-0.2, 0) is 0 Å². The van der Waals surface area contributed by atoms with Gasteiger partial charge in [0.1, 0.15) is 5.75 Å². The van der Waals surface area contributed by atoms with Gasteiger partial charge < -0.3 is 9.84 Å². The largest absolute Gasteiger partial charge is 0.497 e. The number of methoxy groups -OCH3 is 1. The Balaban J connectivity index is 2.72. The van der Waals surface area contributed by atoms with E-state index in [2.05, 4.69) is 25.7 Å². The van der Waals surface area contributed by atoms with Crippen molar-refractivity contribution in [3.8, 4) is 5.75 Å². The third-order valence-electron chi connectivity index (χ3n) is 3.82. The van der Waals surface area contributed by atoms with Crippen LogP contribution in [0.2, 0.25) is 0 Å². The van der Waals surface area contributed by atoms with E-state index in [0.717, 1.165) is 17.7 Å². The Kier molecular flexibility index (Phi) is 5.17. The zero-order valence-corrected chi connectivity index (χ0v) is 12.1. The van der Waals surface area contributed by atoms with Crippen LogP contribution < -0.4 is 4.74 Å². The summed E-state index contributed by atoms with van der Waals surface area (Å²) in [4.78, 5) is 2.19. The topological polar surface area (TPSA) is 32.7 Å². The highest BCUT2D eigenvalue weighted by atomic mass is 16.5. The van der Waals surface area contributed by atoms with Crippen LogP contribution in [0.25, 0.3) is 0 Å². The predicted octanol–water partition coefficient (Wildman–Crippen LogP) is 2.85. The zero-order valence-electron chi connectivity index (χ0n) is 12.1. The van der Waals surface area contributed by atoms with E-state index < -0.39 is 6.10 Å². The fourth-order valence-electron chi connectivity index (χ4n) is 1.73. The molecule has 3 heteroatoms. The van der Waals surface area contributed by atoms with Crippen LogP contribution in [0, 0.1) is 0 Å². The molecule has 1 N–H and O–H groups in total. The van der Waals surface area contributed by atoms with Crippen LogP contribution in [0.1, 0.15) is 38.9 Å². The second kappa shape index (κ2) is 6.21. The normalized spacial score (nSPS) is 13.7. The SMILES string of the molecule is CCC(C)(C)N(C)CC(O)c1cccc(OC)c1. The van der Waals surface area contributed by atoms with Crippen molar-refractivity contribution in [2.24, 2.45) is 0 Å². The van der Waals surface area contributed by atoms with Crippen LogP contribution in [0.15, 0.2) is 24.3 Å². The highest BCUT2D eigenvalue weighted by molar-refractivity contribution is 5.29. The second-order valence-corrected chi connectivity index (χ2v) is 5.34. The molecular formula is C15H25NO2. The molecule has 0 saturated heterocycles. The molecule has 0 radical (unpaired) electrons. The first-order chi connectivity index (χ1) is 8.40. The second-order valence-electron chi connectivity index (χ2n) is 5.34. The highest BCUT2D eigenvalue weighted by Crippen LogP contribution is 2.23. The Morgan fingerprint density at radius 1 is 1.39 bits per heavy atom. The fourth-order valence-corrected chi connectivity index (χ4v) is 1.73. The highest BCUT2D eigenvalue weighted by Gasteiger charge is 2.23. The van der Waals surface area contributed by atoms with E-state index in [1.807, 2.05) is 31.3 Å². The van der Waals surface area contributed by atoms with Gasteiger partial charge in [0.05, 0.1) is 13.2 Å². The minimum atomic E-state index is -0.490. The lowest BCUT2D eigenvalue weighted by Gasteiger charge is -2.36. The van der Waals surface area contributed by atoms with E-state index in [4.69, 9.17) is 4.74 Å². The Labute approximate surface area is 110 Å². The third kappa shape index (κ3) is 3.72. The van der Waals surface area contributed by atoms with Gasteiger partial charge in [-0.1, -0.05) is 19.1 Å². The van der Waals surface area contributed by atoms with Crippen molar-refractivity contribution in [1.82, 2.24) is 4.90 Å². The minimum Gasteiger partial charge on any atom is -0.497 e. The van der Waals surface area contributed by atoms with Crippen LogP contribution >= 0.6 is 0 Å². The molecule has 0 bridgehead atoms. The van der Waals surface area contributed by atoms with E-state index in [1.165, 1.54) is 0 Å². The zero-order chi connectivity index (χ0) is 13.8. The van der Waals surface area contributed by atoms with E-state index in [1.54, 1.807) is 7.11 Å². The first-order valence-electron chi connectivity index (χ1n) is 6.44. The molecule has 0 aromatic heterocycles. The van der Waals surface area contributed by atoms with E-state index in [-0.39, 0.29) is 5.54 Å². The van der Waals surface area contributed by atoms with Crippen molar-refractivity contribution in [3.63, 3.8) is 0 Å². The first-order valence-corrected chi connectivity index (χ1v) is 6.44. The summed E-state index contributed by atoms with van der Waals surface area (Å²) in [5.41, 5.74) is 0.993. The number of likely N-dealkylation sites (N-methyl/N-ethyl adjacent to an activating group) is 1. The molecule has 0 spiro atoms. The molecule has 0 heterocycles. The molecule has 0 saturated carbocycles. The number of rotatable bonds is 6. The van der Waals surface area contributed by atoms with Crippen molar-refractivity contribution >= 4 is 0 Å².